The molecule has 0 aromatic heterocycles. The van der Waals surface area contributed by atoms with Crippen LogP contribution >= 0.6 is 0 Å². The van der Waals surface area contributed by atoms with Crippen LogP contribution in [-0.2, 0) is 4.79 Å². The molecule has 0 heterocycles. The summed E-state index contributed by atoms with van der Waals surface area (Å²) in [5, 5.41) is 13.1. The molecule has 1 aliphatic rings. The largest absolute Gasteiger partial charge is 0.548 e. The van der Waals surface area contributed by atoms with E-state index < -0.39 is 5.97 Å². The molecule has 1 saturated carbocycles. The van der Waals surface area contributed by atoms with Crippen molar-refractivity contribution in [2.24, 2.45) is 5.92 Å². The van der Waals surface area contributed by atoms with Crippen molar-refractivity contribution < 1.29 is 14.7 Å². The standard InChI is InChI=1S/C13H15NO3/c15-12(7-9-5-6-9)10-3-1-2-4-11(10)14-8-13(16)17/h1-4,9,14H,5-8H2,(H,16,17)/p-1. The van der Waals surface area contributed by atoms with E-state index in [0.717, 1.165) is 12.8 Å². The second-order valence-corrected chi connectivity index (χ2v) is 4.34. The van der Waals surface area contributed by atoms with Crippen molar-refractivity contribution in [3.8, 4) is 0 Å². The van der Waals surface area contributed by atoms with Gasteiger partial charge >= 0.3 is 0 Å². The quantitative estimate of drug-likeness (QED) is 0.737. The number of carbonyl (C=O) groups excluding carboxylic acids is 2. The molecule has 0 amide bonds. The van der Waals surface area contributed by atoms with Gasteiger partial charge in [0.1, 0.15) is 0 Å². The van der Waals surface area contributed by atoms with E-state index in [1.807, 2.05) is 0 Å². The number of rotatable bonds is 6. The molecule has 1 aromatic rings. The molecule has 0 saturated heterocycles. The van der Waals surface area contributed by atoms with Crippen LogP contribution in [0.3, 0.4) is 0 Å². The first-order chi connectivity index (χ1) is 8.16. The van der Waals surface area contributed by atoms with Crippen molar-refractivity contribution in [3.05, 3.63) is 29.8 Å². The number of carboxylic acid groups (broad SMARTS) is 1. The van der Waals surface area contributed by atoms with Crippen LogP contribution in [-0.4, -0.2) is 18.3 Å². The Morgan fingerprint density at radius 2 is 2.00 bits per heavy atom. The number of aliphatic carboxylic acids is 1. The molecule has 1 fully saturated rings. The van der Waals surface area contributed by atoms with Crippen molar-refractivity contribution in [1.82, 2.24) is 0 Å². The van der Waals surface area contributed by atoms with Crippen LogP contribution in [0.4, 0.5) is 5.69 Å². The van der Waals surface area contributed by atoms with Gasteiger partial charge in [0.2, 0.25) is 0 Å². The number of carboxylic acids is 1. The van der Waals surface area contributed by atoms with Crippen molar-refractivity contribution in [2.75, 3.05) is 11.9 Å². The lowest BCUT2D eigenvalue weighted by Crippen LogP contribution is -2.30. The zero-order chi connectivity index (χ0) is 12.3. The first kappa shape index (κ1) is 11.6. The summed E-state index contributed by atoms with van der Waals surface area (Å²) in [4.78, 5) is 22.3. The average molecular weight is 232 g/mol. The highest BCUT2D eigenvalue weighted by atomic mass is 16.4. The van der Waals surface area contributed by atoms with E-state index >= 15 is 0 Å². The Hall–Kier alpha value is -1.84. The monoisotopic (exact) mass is 232 g/mol. The molecular formula is C13H14NO3-. The lowest BCUT2D eigenvalue weighted by atomic mass is 10.0. The van der Waals surface area contributed by atoms with E-state index in [1.165, 1.54) is 0 Å². The average Bonchev–Trinajstić information content (AvgIpc) is 3.10. The van der Waals surface area contributed by atoms with E-state index in [9.17, 15) is 14.7 Å². The molecule has 17 heavy (non-hydrogen) atoms. The van der Waals surface area contributed by atoms with Crippen LogP contribution in [0.5, 0.6) is 0 Å². The van der Waals surface area contributed by atoms with Gasteiger partial charge in [0, 0.05) is 17.7 Å². The fourth-order valence-corrected chi connectivity index (χ4v) is 1.74. The summed E-state index contributed by atoms with van der Waals surface area (Å²) in [6.45, 7) is -0.284. The molecule has 0 bridgehead atoms. The number of anilines is 1. The summed E-state index contributed by atoms with van der Waals surface area (Å²) >= 11 is 0. The molecule has 0 radical (unpaired) electrons. The molecule has 1 N–H and O–H groups in total. The Morgan fingerprint density at radius 3 is 2.65 bits per heavy atom. The van der Waals surface area contributed by atoms with Crippen molar-refractivity contribution in [3.63, 3.8) is 0 Å². The second kappa shape index (κ2) is 4.99. The fraction of sp³-hybridized carbons (Fsp3) is 0.385. The molecule has 0 unspecified atom stereocenters. The minimum absolute atomic E-state index is 0.0777. The highest BCUT2D eigenvalue weighted by molar-refractivity contribution is 6.01. The first-order valence-corrected chi connectivity index (χ1v) is 5.73. The summed E-state index contributed by atoms with van der Waals surface area (Å²) in [6.07, 6.45) is 2.81. The SMILES string of the molecule is O=C([O-])CNc1ccccc1C(=O)CC1CC1. The Morgan fingerprint density at radius 1 is 1.29 bits per heavy atom. The van der Waals surface area contributed by atoms with Gasteiger partial charge < -0.3 is 15.2 Å². The summed E-state index contributed by atoms with van der Waals surface area (Å²) in [5.74, 6) is -0.583. The molecular weight excluding hydrogens is 218 g/mol. The zero-order valence-electron chi connectivity index (χ0n) is 9.44. The molecule has 90 valence electrons. The molecule has 0 aliphatic heterocycles. The van der Waals surface area contributed by atoms with Gasteiger partial charge in [-0.15, -0.1) is 0 Å². The first-order valence-electron chi connectivity index (χ1n) is 5.73. The summed E-state index contributed by atoms with van der Waals surface area (Å²) in [6, 6.07) is 6.99. The molecule has 0 spiro atoms. The highest BCUT2D eigenvalue weighted by Crippen LogP contribution is 2.34. The summed E-state index contributed by atoms with van der Waals surface area (Å²) in [7, 11) is 0. The smallest absolute Gasteiger partial charge is 0.165 e. The number of nitrogens with one attached hydrogen (secondary N) is 1. The Balaban J connectivity index is 2.08. The molecule has 2 rings (SSSR count). The number of para-hydroxylation sites is 1. The van der Waals surface area contributed by atoms with Crippen LogP contribution in [0.25, 0.3) is 0 Å². The van der Waals surface area contributed by atoms with Gasteiger partial charge in [0.15, 0.2) is 5.78 Å². The normalized spacial score (nSPS) is 14.4. The predicted molar refractivity (Wildman–Crippen MR) is 61.6 cm³/mol. The number of Topliss-reactive ketones (excluding diaryl/α,β-unsaturated/α-hetero) is 1. The number of carbonyl (C=O) groups is 2. The molecule has 0 atom stereocenters. The second-order valence-electron chi connectivity index (χ2n) is 4.34. The van der Waals surface area contributed by atoms with E-state index in [2.05, 4.69) is 5.32 Å². The van der Waals surface area contributed by atoms with Crippen LogP contribution < -0.4 is 10.4 Å². The van der Waals surface area contributed by atoms with Gasteiger partial charge in [-0.3, -0.25) is 4.79 Å². The highest BCUT2D eigenvalue weighted by Gasteiger charge is 2.25. The number of ketones is 1. The van der Waals surface area contributed by atoms with Crippen molar-refractivity contribution in [1.29, 1.82) is 0 Å². The van der Waals surface area contributed by atoms with Crippen LogP contribution in [0.2, 0.25) is 0 Å². The van der Waals surface area contributed by atoms with Crippen molar-refractivity contribution in [2.45, 2.75) is 19.3 Å². The van der Waals surface area contributed by atoms with Crippen LogP contribution in [0, 0.1) is 5.92 Å². The third-order valence-corrected chi connectivity index (χ3v) is 2.82. The lowest BCUT2D eigenvalue weighted by Gasteiger charge is -2.11. The van der Waals surface area contributed by atoms with E-state index in [1.54, 1.807) is 24.3 Å². The molecule has 4 heteroatoms. The fourth-order valence-electron chi connectivity index (χ4n) is 1.74. The van der Waals surface area contributed by atoms with Gasteiger partial charge in [0.05, 0.1) is 12.5 Å². The van der Waals surface area contributed by atoms with E-state index in [4.69, 9.17) is 0 Å². The third kappa shape index (κ3) is 3.31. The molecule has 1 aromatic carbocycles. The minimum Gasteiger partial charge on any atom is -0.548 e. The van der Waals surface area contributed by atoms with Gasteiger partial charge in [-0.2, -0.15) is 0 Å². The van der Waals surface area contributed by atoms with Gasteiger partial charge in [-0.1, -0.05) is 12.1 Å². The lowest BCUT2D eigenvalue weighted by molar-refractivity contribution is -0.302. The maximum Gasteiger partial charge on any atom is 0.165 e. The van der Waals surface area contributed by atoms with Crippen LogP contribution in [0.1, 0.15) is 29.6 Å². The summed E-state index contributed by atoms with van der Waals surface area (Å²) < 4.78 is 0. The molecule has 1 aliphatic carbocycles. The topological polar surface area (TPSA) is 69.2 Å². The Labute approximate surface area is 99.6 Å². The Kier molecular flexibility index (Phi) is 3.42. The zero-order valence-corrected chi connectivity index (χ0v) is 9.44. The minimum atomic E-state index is -1.19. The van der Waals surface area contributed by atoms with Crippen LogP contribution in [0.15, 0.2) is 24.3 Å². The maximum atomic E-state index is 12.0. The predicted octanol–water partition coefficient (Wildman–Crippen LogP) is 0.831. The Bertz CT molecular complexity index is 438. The number of hydrogen-bond acceptors (Lipinski definition) is 4. The number of hydrogen-bond donors (Lipinski definition) is 1. The third-order valence-electron chi connectivity index (χ3n) is 2.82. The van der Waals surface area contributed by atoms with E-state index in [0.29, 0.717) is 23.6 Å². The molecule has 4 nitrogen and oxygen atoms in total. The van der Waals surface area contributed by atoms with Gasteiger partial charge in [-0.05, 0) is 30.9 Å². The number of benzene rings is 1. The van der Waals surface area contributed by atoms with Crippen molar-refractivity contribution >= 4 is 17.4 Å². The van der Waals surface area contributed by atoms with Gasteiger partial charge in [0.25, 0.3) is 0 Å². The summed E-state index contributed by atoms with van der Waals surface area (Å²) in [5.41, 5.74) is 1.14. The van der Waals surface area contributed by atoms with E-state index in [-0.39, 0.29) is 12.3 Å². The maximum absolute atomic E-state index is 12.0. The van der Waals surface area contributed by atoms with Gasteiger partial charge in [-0.25, -0.2) is 0 Å².